The summed E-state index contributed by atoms with van der Waals surface area (Å²) in [4.78, 5) is 38.8. The monoisotopic (exact) mass is 667 g/mol. The molecule has 2 heterocycles. The zero-order valence-electron chi connectivity index (χ0n) is 30.1. The van der Waals surface area contributed by atoms with Crippen molar-refractivity contribution in [3.8, 4) is 17.0 Å². The maximum absolute atomic E-state index is 14.6. The summed E-state index contributed by atoms with van der Waals surface area (Å²) < 4.78 is 17.0. The van der Waals surface area contributed by atoms with Crippen LogP contribution in [-0.2, 0) is 19.7 Å². The smallest absolute Gasteiger partial charge is 0.306 e. The predicted molar refractivity (Wildman–Crippen MR) is 190 cm³/mol. The van der Waals surface area contributed by atoms with Gasteiger partial charge >= 0.3 is 5.97 Å². The second-order valence-electron chi connectivity index (χ2n) is 16.6. The Kier molecular flexibility index (Phi) is 9.12. The zero-order chi connectivity index (χ0) is 34.4. The Morgan fingerprint density at radius 2 is 1.67 bits per heavy atom. The van der Waals surface area contributed by atoms with E-state index in [0.29, 0.717) is 24.7 Å². The van der Waals surface area contributed by atoms with Crippen molar-refractivity contribution in [3.05, 3.63) is 59.8 Å². The third-order valence-corrected chi connectivity index (χ3v) is 12.0. The minimum atomic E-state index is -0.483. The SMILES string of the molecule is COc1ccc(C23CCC(CN(c4cc(-c5coc(C6CC6)n5)ccn4)C(=O)[C@H]4CC[C@H](CC(=O)OC(C)(C)C)CC4)(CC2)CC3)cc1C. The van der Waals surface area contributed by atoms with Crippen LogP contribution in [0.25, 0.3) is 11.3 Å². The second kappa shape index (κ2) is 13.2. The normalized spacial score (nSPS) is 26.7. The number of aromatic nitrogens is 2. The van der Waals surface area contributed by atoms with E-state index in [0.717, 1.165) is 99.9 Å². The van der Waals surface area contributed by atoms with Gasteiger partial charge in [0.2, 0.25) is 5.91 Å². The molecule has 0 spiro atoms. The number of benzene rings is 1. The van der Waals surface area contributed by atoms with E-state index in [9.17, 15) is 9.59 Å². The zero-order valence-corrected chi connectivity index (χ0v) is 30.1. The largest absolute Gasteiger partial charge is 0.496 e. The minimum Gasteiger partial charge on any atom is -0.496 e. The van der Waals surface area contributed by atoms with Crippen LogP contribution in [0.5, 0.6) is 5.75 Å². The average Bonchev–Trinajstić information content (AvgIpc) is 3.83. The first-order chi connectivity index (χ1) is 23.4. The van der Waals surface area contributed by atoms with E-state index in [1.54, 1.807) is 13.4 Å². The van der Waals surface area contributed by atoms with E-state index in [2.05, 4.69) is 25.1 Å². The molecule has 49 heavy (non-hydrogen) atoms. The number of oxazole rings is 1. The topological polar surface area (TPSA) is 94.8 Å². The van der Waals surface area contributed by atoms with Crippen LogP contribution in [-0.4, -0.2) is 41.1 Å². The molecule has 5 saturated carbocycles. The van der Waals surface area contributed by atoms with Crippen molar-refractivity contribution in [1.29, 1.82) is 0 Å². The van der Waals surface area contributed by atoms with Gasteiger partial charge in [-0.1, -0.05) is 12.1 Å². The summed E-state index contributed by atoms with van der Waals surface area (Å²) in [5.74, 6) is 3.09. The standard InChI is InChI=1S/C41H53N3O5/c1-27-22-32(12-13-34(27)47-5)41-18-15-40(16-19-41,17-20-41)26-44(35-24-31(14-21-42-35)33-25-48-37(43-33)29-10-11-29)38(46)30-8-6-28(7-9-30)23-36(45)49-39(2,3)4/h12-14,21-22,24-25,28-30H,6-11,15-20,23,26H2,1-5H3/t28-,30-,40?,41?. The van der Waals surface area contributed by atoms with E-state index < -0.39 is 5.60 Å². The van der Waals surface area contributed by atoms with Gasteiger partial charge in [-0.15, -0.1) is 0 Å². The molecular weight excluding hydrogens is 614 g/mol. The van der Waals surface area contributed by atoms with Crippen molar-refractivity contribution in [1.82, 2.24) is 9.97 Å². The number of hydrogen-bond donors (Lipinski definition) is 0. The number of fused-ring (bicyclic) bond motifs is 3. The van der Waals surface area contributed by atoms with E-state index >= 15 is 0 Å². The fraction of sp³-hybridized carbons (Fsp3) is 0.610. The van der Waals surface area contributed by atoms with Crippen LogP contribution in [0.4, 0.5) is 5.82 Å². The van der Waals surface area contributed by atoms with Crippen LogP contribution in [0.15, 0.2) is 47.2 Å². The van der Waals surface area contributed by atoms with Gasteiger partial charge in [-0.2, -0.15) is 0 Å². The van der Waals surface area contributed by atoms with Crippen LogP contribution in [0.2, 0.25) is 0 Å². The fourth-order valence-electron chi connectivity index (χ4n) is 8.87. The lowest BCUT2D eigenvalue weighted by molar-refractivity contribution is -0.156. The molecule has 8 nitrogen and oxygen atoms in total. The maximum atomic E-state index is 14.6. The minimum absolute atomic E-state index is 0.0670. The summed E-state index contributed by atoms with van der Waals surface area (Å²) >= 11 is 0. The summed E-state index contributed by atoms with van der Waals surface area (Å²) in [6, 6.07) is 10.7. The number of rotatable bonds is 10. The van der Waals surface area contributed by atoms with Crippen molar-refractivity contribution >= 4 is 17.7 Å². The summed E-state index contributed by atoms with van der Waals surface area (Å²) in [6.45, 7) is 8.54. The van der Waals surface area contributed by atoms with Gasteiger partial charge in [0.1, 0.15) is 29.1 Å². The van der Waals surface area contributed by atoms with E-state index in [-0.39, 0.29) is 34.5 Å². The highest BCUT2D eigenvalue weighted by molar-refractivity contribution is 5.95. The number of nitrogens with zero attached hydrogens (tertiary/aromatic N) is 3. The predicted octanol–water partition coefficient (Wildman–Crippen LogP) is 9.09. The fourth-order valence-corrected chi connectivity index (χ4v) is 8.87. The number of esters is 1. The van der Waals surface area contributed by atoms with E-state index in [1.165, 1.54) is 11.1 Å². The molecule has 1 aromatic carbocycles. The number of carbonyl (C=O) groups is 2. The van der Waals surface area contributed by atoms with Gasteiger partial charge in [0.25, 0.3) is 0 Å². The lowest BCUT2D eigenvalue weighted by Gasteiger charge is -2.55. The van der Waals surface area contributed by atoms with E-state index in [1.807, 2.05) is 44.0 Å². The molecule has 0 unspecified atom stereocenters. The van der Waals surface area contributed by atoms with Gasteiger partial charge < -0.3 is 13.9 Å². The number of methoxy groups -OCH3 is 1. The Morgan fingerprint density at radius 3 is 2.31 bits per heavy atom. The highest BCUT2D eigenvalue weighted by Gasteiger charge is 2.51. The number of pyridine rings is 1. The lowest BCUT2D eigenvalue weighted by Crippen LogP contribution is -2.52. The molecule has 262 valence electrons. The average molecular weight is 668 g/mol. The van der Waals surface area contributed by atoms with Crippen molar-refractivity contribution in [2.75, 3.05) is 18.6 Å². The van der Waals surface area contributed by atoms with Gasteiger partial charge in [0.05, 0.1) is 7.11 Å². The van der Waals surface area contributed by atoms with Gasteiger partial charge in [-0.05, 0) is 151 Å². The molecule has 5 fully saturated rings. The summed E-state index contributed by atoms with van der Waals surface area (Å²) in [6.07, 6.45) is 16.2. The van der Waals surface area contributed by atoms with Crippen LogP contribution < -0.4 is 9.64 Å². The molecule has 8 heteroatoms. The van der Waals surface area contributed by atoms with Crippen LogP contribution in [0, 0.1) is 24.2 Å². The van der Waals surface area contributed by atoms with E-state index in [4.69, 9.17) is 23.9 Å². The summed E-state index contributed by atoms with van der Waals surface area (Å²) in [5, 5.41) is 0. The molecule has 0 saturated heterocycles. The number of amides is 1. The number of ether oxygens (including phenoxy) is 2. The molecule has 5 aliphatic rings. The second-order valence-corrected chi connectivity index (χ2v) is 16.6. The van der Waals surface area contributed by atoms with Crippen molar-refractivity contribution in [3.63, 3.8) is 0 Å². The quantitative estimate of drug-likeness (QED) is 0.199. The molecule has 0 atom stereocenters. The number of aryl methyl sites for hydroxylation is 1. The van der Waals surface area contributed by atoms with Crippen molar-refractivity contribution in [2.24, 2.45) is 17.3 Å². The molecular formula is C41H53N3O5. The molecule has 0 N–H and O–H groups in total. The lowest BCUT2D eigenvalue weighted by atomic mass is 9.51. The van der Waals surface area contributed by atoms with Crippen molar-refractivity contribution < 1.29 is 23.5 Å². The molecule has 3 aromatic rings. The molecule has 0 radical (unpaired) electrons. The number of hydrogen-bond acceptors (Lipinski definition) is 7. The summed E-state index contributed by atoms with van der Waals surface area (Å²) in [7, 11) is 1.74. The third-order valence-electron chi connectivity index (χ3n) is 12.0. The third kappa shape index (κ3) is 7.29. The first kappa shape index (κ1) is 33.8. The Balaban J connectivity index is 1.10. The molecule has 0 aliphatic heterocycles. The van der Waals surface area contributed by atoms with Crippen LogP contribution in [0.1, 0.15) is 127 Å². The Hall–Kier alpha value is -3.68. The Morgan fingerprint density at radius 1 is 0.959 bits per heavy atom. The first-order valence-corrected chi connectivity index (χ1v) is 18.6. The molecule has 2 bridgehead atoms. The highest BCUT2D eigenvalue weighted by Crippen LogP contribution is 2.58. The first-order valence-electron chi connectivity index (χ1n) is 18.6. The molecule has 8 rings (SSSR count). The number of anilines is 1. The number of carbonyl (C=O) groups excluding carboxylic acids is 2. The van der Waals surface area contributed by atoms with Crippen molar-refractivity contribution in [2.45, 2.75) is 128 Å². The molecule has 2 aromatic heterocycles. The van der Waals surface area contributed by atoms with Crippen LogP contribution in [0.3, 0.4) is 0 Å². The van der Waals surface area contributed by atoms with Gasteiger partial charge in [-0.25, -0.2) is 9.97 Å². The Bertz CT molecular complexity index is 1650. The van der Waals surface area contributed by atoms with Gasteiger partial charge in [0.15, 0.2) is 5.89 Å². The van der Waals surface area contributed by atoms with Gasteiger partial charge in [-0.3, -0.25) is 14.5 Å². The molecule has 5 aliphatic carbocycles. The van der Waals surface area contributed by atoms with Gasteiger partial charge in [0, 0.05) is 36.6 Å². The van der Waals surface area contributed by atoms with Crippen LogP contribution >= 0.6 is 0 Å². The maximum Gasteiger partial charge on any atom is 0.306 e. The molecule has 1 amide bonds. The Labute approximate surface area is 291 Å². The summed E-state index contributed by atoms with van der Waals surface area (Å²) in [5.41, 5.74) is 4.14. The highest BCUT2D eigenvalue weighted by atomic mass is 16.6.